The van der Waals surface area contributed by atoms with E-state index in [2.05, 4.69) is 20.9 Å². The molecule has 4 nitrogen and oxygen atoms in total. The summed E-state index contributed by atoms with van der Waals surface area (Å²) in [5.41, 5.74) is 9.68. The summed E-state index contributed by atoms with van der Waals surface area (Å²) in [5, 5.41) is 0.532. The highest BCUT2D eigenvalue weighted by Crippen LogP contribution is 2.33. The van der Waals surface area contributed by atoms with Crippen LogP contribution < -0.4 is 10.5 Å². The van der Waals surface area contributed by atoms with Crippen LogP contribution in [0.4, 0.5) is 5.82 Å². The predicted octanol–water partition coefficient (Wildman–Crippen LogP) is 4.32. The van der Waals surface area contributed by atoms with Crippen LogP contribution in [0.5, 0.6) is 5.75 Å². The van der Waals surface area contributed by atoms with Gasteiger partial charge >= 0.3 is 0 Å². The summed E-state index contributed by atoms with van der Waals surface area (Å²) in [6.07, 6.45) is 1.90. The fourth-order valence-corrected chi connectivity index (χ4v) is 3.12. The molecule has 108 valence electrons. The number of nitrogens with zero attached hydrogens (tertiary/aromatic N) is 2. The number of halogens is 2. The number of aromatic nitrogens is 2. The lowest BCUT2D eigenvalue weighted by Gasteiger charge is -2.05. The maximum Gasteiger partial charge on any atom is 0.142 e. The lowest BCUT2D eigenvalue weighted by Crippen LogP contribution is -1.95. The third kappa shape index (κ3) is 2.36. The minimum absolute atomic E-state index is 0.532. The Balaban J connectivity index is 2.23. The third-order valence-electron chi connectivity index (χ3n) is 3.33. The molecule has 21 heavy (non-hydrogen) atoms. The summed E-state index contributed by atoms with van der Waals surface area (Å²) < 4.78 is 7.99. The fourth-order valence-electron chi connectivity index (χ4n) is 2.31. The molecule has 0 atom stereocenters. The van der Waals surface area contributed by atoms with E-state index in [1.165, 1.54) is 0 Å². The Labute approximate surface area is 135 Å². The summed E-state index contributed by atoms with van der Waals surface area (Å²) in [7, 11) is 1.58. The van der Waals surface area contributed by atoms with E-state index in [4.69, 9.17) is 22.1 Å². The van der Waals surface area contributed by atoms with E-state index in [0.29, 0.717) is 22.3 Å². The van der Waals surface area contributed by atoms with Crippen molar-refractivity contribution >= 4 is 39.0 Å². The molecule has 3 rings (SSSR count). The van der Waals surface area contributed by atoms with Crippen LogP contribution >= 0.6 is 27.5 Å². The second-order valence-corrected chi connectivity index (χ2v) is 6.05. The van der Waals surface area contributed by atoms with Gasteiger partial charge in [-0.25, -0.2) is 4.98 Å². The van der Waals surface area contributed by atoms with Crippen LogP contribution in [-0.4, -0.2) is 16.5 Å². The number of nitrogen functional groups attached to an aromatic ring is 1. The highest BCUT2D eigenvalue weighted by molar-refractivity contribution is 9.10. The molecule has 0 aliphatic heterocycles. The molecule has 2 aromatic heterocycles. The Morgan fingerprint density at radius 2 is 2.10 bits per heavy atom. The van der Waals surface area contributed by atoms with Gasteiger partial charge in [0.1, 0.15) is 22.9 Å². The molecule has 0 fully saturated rings. The Morgan fingerprint density at radius 3 is 2.76 bits per heavy atom. The Kier molecular flexibility index (Phi) is 3.55. The summed E-state index contributed by atoms with van der Waals surface area (Å²) >= 11 is 9.65. The molecule has 0 bridgehead atoms. The number of nitrogens with two attached hydrogens (primary N) is 1. The van der Waals surface area contributed by atoms with E-state index in [-0.39, 0.29) is 0 Å². The van der Waals surface area contributed by atoms with Crippen molar-refractivity contribution in [1.29, 1.82) is 0 Å². The van der Waals surface area contributed by atoms with Gasteiger partial charge in [0, 0.05) is 16.2 Å². The fraction of sp³-hybridized carbons (Fsp3) is 0.133. The van der Waals surface area contributed by atoms with Crippen LogP contribution in [-0.2, 0) is 0 Å². The molecule has 3 aromatic rings. The molecular weight excluding hydrogens is 354 g/mol. The van der Waals surface area contributed by atoms with Crippen molar-refractivity contribution < 1.29 is 4.74 Å². The first-order valence-corrected chi connectivity index (χ1v) is 7.46. The van der Waals surface area contributed by atoms with Gasteiger partial charge < -0.3 is 10.5 Å². The molecule has 0 amide bonds. The van der Waals surface area contributed by atoms with Crippen molar-refractivity contribution in [2.75, 3.05) is 12.8 Å². The quantitative estimate of drug-likeness (QED) is 0.735. The minimum Gasteiger partial charge on any atom is -0.495 e. The van der Waals surface area contributed by atoms with E-state index < -0.39 is 0 Å². The molecule has 0 saturated heterocycles. The van der Waals surface area contributed by atoms with E-state index >= 15 is 0 Å². The number of hydrogen-bond donors (Lipinski definition) is 1. The predicted molar refractivity (Wildman–Crippen MR) is 89.0 cm³/mol. The second kappa shape index (κ2) is 5.24. The van der Waals surface area contributed by atoms with Gasteiger partial charge in [-0.1, -0.05) is 11.6 Å². The molecule has 2 heterocycles. The Bertz CT molecular complexity index is 845. The van der Waals surface area contributed by atoms with Crippen molar-refractivity contribution in [3.63, 3.8) is 0 Å². The number of ether oxygens (including phenoxy) is 1. The second-order valence-electron chi connectivity index (χ2n) is 4.73. The molecule has 0 saturated carbocycles. The van der Waals surface area contributed by atoms with E-state index in [1.54, 1.807) is 7.11 Å². The van der Waals surface area contributed by atoms with Gasteiger partial charge in [0.05, 0.1) is 12.1 Å². The highest BCUT2D eigenvalue weighted by atomic mass is 79.9. The maximum absolute atomic E-state index is 6.23. The molecule has 0 aliphatic carbocycles. The van der Waals surface area contributed by atoms with Gasteiger partial charge in [-0.2, -0.15) is 0 Å². The largest absolute Gasteiger partial charge is 0.495 e. The van der Waals surface area contributed by atoms with Gasteiger partial charge in [0.2, 0.25) is 0 Å². The zero-order chi connectivity index (χ0) is 15.1. The number of imidazole rings is 1. The molecular formula is C15H13BrClN3O. The summed E-state index contributed by atoms with van der Waals surface area (Å²) in [6.45, 7) is 2.00. The maximum atomic E-state index is 6.23. The van der Waals surface area contributed by atoms with Crippen molar-refractivity contribution in [3.05, 3.63) is 45.5 Å². The SMILES string of the molecule is COc1ccc(-c2nc3c(C)cc(Br)cn3c2N)cc1Cl. The molecule has 0 aliphatic rings. The van der Waals surface area contributed by atoms with E-state index in [1.807, 2.05) is 41.8 Å². The summed E-state index contributed by atoms with van der Waals surface area (Å²) in [4.78, 5) is 4.64. The van der Waals surface area contributed by atoms with Crippen molar-refractivity contribution in [2.45, 2.75) is 6.92 Å². The number of fused-ring (bicyclic) bond motifs is 1. The van der Waals surface area contributed by atoms with Gasteiger partial charge in [-0.15, -0.1) is 0 Å². The Hall–Kier alpha value is -1.72. The number of methoxy groups -OCH3 is 1. The van der Waals surface area contributed by atoms with E-state index in [9.17, 15) is 0 Å². The van der Waals surface area contributed by atoms with Crippen molar-refractivity contribution in [2.24, 2.45) is 0 Å². The number of benzene rings is 1. The van der Waals surface area contributed by atoms with Crippen LogP contribution in [0.25, 0.3) is 16.9 Å². The van der Waals surface area contributed by atoms with Gasteiger partial charge in [0.25, 0.3) is 0 Å². The van der Waals surface area contributed by atoms with Gasteiger partial charge in [-0.05, 0) is 52.7 Å². The molecule has 6 heteroatoms. The number of aryl methyl sites for hydroxylation is 1. The highest BCUT2D eigenvalue weighted by Gasteiger charge is 2.14. The average Bonchev–Trinajstić information content (AvgIpc) is 2.77. The van der Waals surface area contributed by atoms with Crippen LogP contribution in [0.1, 0.15) is 5.56 Å². The first-order chi connectivity index (χ1) is 10.0. The molecule has 2 N–H and O–H groups in total. The van der Waals surface area contributed by atoms with Crippen LogP contribution in [0.2, 0.25) is 5.02 Å². The van der Waals surface area contributed by atoms with Gasteiger partial charge in [-0.3, -0.25) is 4.40 Å². The standard InChI is InChI=1S/C15H13BrClN3O/c1-8-5-10(16)7-20-14(18)13(19-15(8)20)9-3-4-12(21-2)11(17)6-9/h3-7H,18H2,1-2H3. The third-order valence-corrected chi connectivity index (χ3v) is 4.06. The lowest BCUT2D eigenvalue weighted by atomic mass is 10.1. The molecule has 0 unspecified atom stereocenters. The number of hydrogen-bond acceptors (Lipinski definition) is 3. The lowest BCUT2D eigenvalue weighted by molar-refractivity contribution is 0.415. The monoisotopic (exact) mass is 365 g/mol. The number of anilines is 1. The van der Waals surface area contributed by atoms with Crippen LogP contribution in [0.15, 0.2) is 34.9 Å². The Morgan fingerprint density at radius 1 is 1.33 bits per heavy atom. The zero-order valence-corrected chi connectivity index (χ0v) is 13.9. The number of rotatable bonds is 2. The van der Waals surface area contributed by atoms with Crippen LogP contribution in [0.3, 0.4) is 0 Å². The molecule has 0 radical (unpaired) electrons. The summed E-state index contributed by atoms with van der Waals surface area (Å²) in [6, 6.07) is 7.52. The average molecular weight is 367 g/mol. The van der Waals surface area contributed by atoms with Crippen LogP contribution in [0, 0.1) is 6.92 Å². The molecule has 0 spiro atoms. The minimum atomic E-state index is 0.532. The first kappa shape index (κ1) is 14.2. The number of pyridine rings is 1. The normalized spacial score (nSPS) is 11.0. The smallest absolute Gasteiger partial charge is 0.142 e. The first-order valence-electron chi connectivity index (χ1n) is 6.29. The van der Waals surface area contributed by atoms with E-state index in [0.717, 1.165) is 21.2 Å². The van der Waals surface area contributed by atoms with Gasteiger partial charge in [0.15, 0.2) is 0 Å². The van der Waals surface area contributed by atoms with Crippen molar-refractivity contribution in [3.8, 4) is 17.0 Å². The summed E-state index contributed by atoms with van der Waals surface area (Å²) in [5.74, 6) is 1.21. The topological polar surface area (TPSA) is 52.5 Å². The van der Waals surface area contributed by atoms with Crippen molar-refractivity contribution in [1.82, 2.24) is 9.38 Å². The zero-order valence-electron chi connectivity index (χ0n) is 11.5. The molecule has 1 aromatic carbocycles.